The van der Waals surface area contributed by atoms with Gasteiger partial charge in [-0.2, -0.15) is 11.8 Å². The molecule has 3 heteroatoms. The van der Waals surface area contributed by atoms with E-state index in [0.29, 0.717) is 6.04 Å². The highest BCUT2D eigenvalue weighted by atomic mass is 35.5. The molecule has 1 aliphatic heterocycles. The lowest BCUT2D eigenvalue weighted by molar-refractivity contribution is 0.658. The Balaban J connectivity index is 2.14. The molecule has 0 aliphatic carbocycles. The minimum Gasteiger partial charge on any atom is -0.298 e. The number of nitrogens with one attached hydrogen (secondary N) is 1. The second kappa shape index (κ2) is 3.69. The fourth-order valence-corrected chi connectivity index (χ4v) is 2.07. The molecular formula is C6H12ClNS. The average Bonchev–Trinajstić information content (AvgIpc) is 2.17. The van der Waals surface area contributed by atoms with Crippen LogP contribution >= 0.6 is 23.4 Å². The molecular weight excluding hydrogens is 154 g/mol. The normalized spacial score (nSPS) is 35.3. The van der Waals surface area contributed by atoms with Crippen molar-refractivity contribution in [3.8, 4) is 0 Å². The molecule has 0 amide bonds. The van der Waals surface area contributed by atoms with Crippen molar-refractivity contribution in [3.63, 3.8) is 0 Å². The van der Waals surface area contributed by atoms with E-state index < -0.39 is 0 Å². The van der Waals surface area contributed by atoms with Gasteiger partial charge in [0.15, 0.2) is 0 Å². The van der Waals surface area contributed by atoms with Crippen LogP contribution in [0, 0.1) is 0 Å². The fraction of sp³-hybridized carbons (Fsp3) is 1.00. The van der Waals surface area contributed by atoms with E-state index in [1.54, 1.807) is 0 Å². The molecule has 1 aliphatic rings. The Hall–Kier alpha value is 0.600. The molecule has 1 saturated heterocycles. The lowest BCUT2D eigenvalue weighted by atomic mass is 10.3. The van der Waals surface area contributed by atoms with Gasteiger partial charge in [0, 0.05) is 11.8 Å². The number of hydrogen-bond donors (Lipinski definition) is 1. The molecule has 0 spiro atoms. The standard InChI is InChI=1S/C6H12ClNS/c1-9-4-5-2-3-6(7)8-5/h5-6,8H,2-4H2,1H3. The third-order valence-corrected chi connectivity index (χ3v) is 2.63. The first kappa shape index (κ1) is 7.70. The van der Waals surface area contributed by atoms with E-state index in [1.165, 1.54) is 12.2 Å². The van der Waals surface area contributed by atoms with Crippen LogP contribution in [0.25, 0.3) is 0 Å². The summed E-state index contributed by atoms with van der Waals surface area (Å²) in [5.41, 5.74) is 0.238. The van der Waals surface area contributed by atoms with Crippen molar-refractivity contribution in [1.29, 1.82) is 0 Å². The molecule has 0 saturated carbocycles. The van der Waals surface area contributed by atoms with Crippen LogP contribution in [0.5, 0.6) is 0 Å². The summed E-state index contributed by atoms with van der Waals surface area (Å²) in [5, 5.41) is 3.30. The average molecular weight is 166 g/mol. The van der Waals surface area contributed by atoms with Crippen LogP contribution in [0.2, 0.25) is 0 Å². The van der Waals surface area contributed by atoms with E-state index in [0.717, 1.165) is 6.42 Å². The lowest BCUT2D eigenvalue weighted by Gasteiger charge is -2.07. The zero-order chi connectivity index (χ0) is 6.69. The molecule has 0 radical (unpaired) electrons. The number of hydrogen-bond acceptors (Lipinski definition) is 2. The Kier molecular flexibility index (Phi) is 3.16. The van der Waals surface area contributed by atoms with Gasteiger partial charge in [0.05, 0.1) is 5.50 Å². The highest BCUT2D eigenvalue weighted by Crippen LogP contribution is 2.17. The van der Waals surface area contributed by atoms with Crippen molar-refractivity contribution in [2.75, 3.05) is 12.0 Å². The second-order valence-corrected chi connectivity index (χ2v) is 3.80. The zero-order valence-corrected chi connectivity index (χ0v) is 7.13. The predicted octanol–water partition coefficient (Wildman–Crippen LogP) is 1.67. The molecule has 2 atom stereocenters. The van der Waals surface area contributed by atoms with Gasteiger partial charge in [-0.3, -0.25) is 5.32 Å². The second-order valence-electron chi connectivity index (χ2n) is 2.36. The Labute approximate surface area is 65.5 Å². The number of rotatable bonds is 2. The lowest BCUT2D eigenvalue weighted by Crippen LogP contribution is -2.27. The first-order chi connectivity index (χ1) is 4.33. The van der Waals surface area contributed by atoms with Gasteiger partial charge in [-0.25, -0.2) is 0 Å². The molecule has 1 rings (SSSR count). The third-order valence-electron chi connectivity index (χ3n) is 1.55. The predicted molar refractivity (Wildman–Crippen MR) is 44.2 cm³/mol. The van der Waals surface area contributed by atoms with E-state index in [-0.39, 0.29) is 5.50 Å². The van der Waals surface area contributed by atoms with Gasteiger partial charge in [-0.05, 0) is 19.1 Å². The molecule has 0 aromatic carbocycles. The molecule has 1 heterocycles. The maximum absolute atomic E-state index is 5.82. The third kappa shape index (κ3) is 2.36. The van der Waals surface area contributed by atoms with Gasteiger partial charge >= 0.3 is 0 Å². The van der Waals surface area contributed by atoms with Crippen LogP contribution in [0.15, 0.2) is 0 Å². The molecule has 2 unspecified atom stereocenters. The van der Waals surface area contributed by atoms with Gasteiger partial charge in [-0.15, -0.1) is 11.6 Å². The number of halogens is 1. The zero-order valence-electron chi connectivity index (χ0n) is 5.56. The molecule has 0 aromatic heterocycles. The summed E-state index contributed by atoms with van der Waals surface area (Å²) in [4.78, 5) is 0. The van der Waals surface area contributed by atoms with Crippen molar-refractivity contribution < 1.29 is 0 Å². The Morgan fingerprint density at radius 1 is 1.67 bits per heavy atom. The first-order valence-corrected chi connectivity index (χ1v) is 5.05. The molecule has 54 valence electrons. The molecule has 0 bridgehead atoms. The van der Waals surface area contributed by atoms with Gasteiger partial charge in [0.25, 0.3) is 0 Å². The van der Waals surface area contributed by atoms with Crippen molar-refractivity contribution in [1.82, 2.24) is 5.32 Å². The fourth-order valence-electron chi connectivity index (χ4n) is 1.10. The van der Waals surface area contributed by atoms with E-state index in [2.05, 4.69) is 11.6 Å². The monoisotopic (exact) mass is 165 g/mol. The number of alkyl halides is 1. The summed E-state index contributed by atoms with van der Waals surface area (Å²) in [6.07, 6.45) is 4.50. The van der Waals surface area contributed by atoms with Crippen LogP contribution < -0.4 is 5.32 Å². The van der Waals surface area contributed by atoms with Crippen LogP contribution in [0.1, 0.15) is 12.8 Å². The van der Waals surface area contributed by atoms with Gasteiger partial charge in [-0.1, -0.05) is 0 Å². The van der Waals surface area contributed by atoms with E-state index in [9.17, 15) is 0 Å². The Morgan fingerprint density at radius 3 is 2.89 bits per heavy atom. The number of thioether (sulfide) groups is 1. The minimum absolute atomic E-state index is 0.238. The summed E-state index contributed by atoms with van der Waals surface area (Å²) < 4.78 is 0. The van der Waals surface area contributed by atoms with Crippen molar-refractivity contribution in [2.24, 2.45) is 0 Å². The highest BCUT2D eigenvalue weighted by molar-refractivity contribution is 7.98. The highest BCUT2D eigenvalue weighted by Gasteiger charge is 2.20. The smallest absolute Gasteiger partial charge is 0.0828 e. The molecule has 9 heavy (non-hydrogen) atoms. The molecule has 1 nitrogen and oxygen atoms in total. The van der Waals surface area contributed by atoms with Crippen LogP contribution in [-0.4, -0.2) is 23.6 Å². The Bertz CT molecular complexity index is 87.1. The summed E-state index contributed by atoms with van der Waals surface area (Å²) in [7, 11) is 0. The van der Waals surface area contributed by atoms with Gasteiger partial charge < -0.3 is 0 Å². The molecule has 1 N–H and O–H groups in total. The largest absolute Gasteiger partial charge is 0.298 e. The summed E-state index contributed by atoms with van der Waals surface area (Å²) in [5.74, 6) is 1.20. The Morgan fingerprint density at radius 2 is 2.44 bits per heavy atom. The van der Waals surface area contributed by atoms with Crippen molar-refractivity contribution in [3.05, 3.63) is 0 Å². The van der Waals surface area contributed by atoms with Crippen LogP contribution in [0.4, 0.5) is 0 Å². The van der Waals surface area contributed by atoms with Crippen LogP contribution in [0.3, 0.4) is 0 Å². The van der Waals surface area contributed by atoms with E-state index in [1.807, 2.05) is 11.8 Å². The summed E-state index contributed by atoms with van der Waals surface area (Å²) in [6.45, 7) is 0. The summed E-state index contributed by atoms with van der Waals surface area (Å²) in [6, 6.07) is 0.669. The first-order valence-electron chi connectivity index (χ1n) is 3.22. The minimum atomic E-state index is 0.238. The van der Waals surface area contributed by atoms with Crippen molar-refractivity contribution in [2.45, 2.75) is 24.4 Å². The maximum atomic E-state index is 5.82. The quantitative estimate of drug-likeness (QED) is 0.494. The SMILES string of the molecule is CSCC1CCC(Cl)N1. The van der Waals surface area contributed by atoms with Crippen LogP contribution in [-0.2, 0) is 0 Å². The van der Waals surface area contributed by atoms with Crippen molar-refractivity contribution >= 4 is 23.4 Å². The van der Waals surface area contributed by atoms with Gasteiger partial charge in [0.2, 0.25) is 0 Å². The molecule has 0 aromatic rings. The molecule has 1 fully saturated rings. The topological polar surface area (TPSA) is 12.0 Å². The van der Waals surface area contributed by atoms with Gasteiger partial charge in [0.1, 0.15) is 0 Å². The maximum Gasteiger partial charge on any atom is 0.0828 e. The van der Waals surface area contributed by atoms with E-state index in [4.69, 9.17) is 11.6 Å². The van der Waals surface area contributed by atoms with E-state index >= 15 is 0 Å². The summed E-state index contributed by atoms with van der Waals surface area (Å²) >= 11 is 7.70.